The summed E-state index contributed by atoms with van der Waals surface area (Å²) in [5, 5.41) is 17.0. The summed E-state index contributed by atoms with van der Waals surface area (Å²) < 4.78 is 0. The number of rotatable bonds is 10. The maximum absolute atomic E-state index is 9.96. The number of nitrogens with zero attached hydrogens (tertiary/aromatic N) is 4. The molecule has 348 valence electrons. The Bertz CT molecular complexity index is 3920. The summed E-state index contributed by atoms with van der Waals surface area (Å²) in [6.45, 7) is 16.7. The molecule has 0 bridgehead atoms. The number of fused-ring (bicyclic) bond motifs is 10. The number of nitriles is 1. The van der Waals surface area contributed by atoms with E-state index in [4.69, 9.17) is 6.57 Å². The van der Waals surface area contributed by atoms with Crippen molar-refractivity contribution in [3.05, 3.63) is 281 Å². The van der Waals surface area contributed by atoms with Gasteiger partial charge in [0, 0.05) is 33.8 Å². The highest BCUT2D eigenvalue weighted by molar-refractivity contribution is 6.24. The Hall–Kier alpha value is -9.22. The Morgan fingerprint density at radius 2 is 0.877 bits per heavy atom. The normalized spacial score (nSPS) is 12.4. The van der Waals surface area contributed by atoms with Gasteiger partial charge in [-0.3, -0.25) is 0 Å². The van der Waals surface area contributed by atoms with Gasteiger partial charge in [-0.15, -0.1) is 0 Å². The molecular formula is C69H52N4. The first-order chi connectivity index (χ1) is 35.8. The van der Waals surface area contributed by atoms with Crippen LogP contribution in [0.4, 0.5) is 39.8 Å². The topological polar surface area (TPSA) is 34.6 Å². The highest BCUT2D eigenvalue weighted by Crippen LogP contribution is 2.63. The van der Waals surface area contributed by atoms with E-state index >= 15 is 0 Å². The van der Waals surface area contributed by atoms with E-state index in [1.54, 1.807) is 0 Å². The van der Waals surface area contributed by atoms with Crippen LogP contribution in [0.5, 0.6) is 0 Å². The van der Waals surface area contributed by atoms with Crippen molar-refractivity contribution >= 4 is 72.1 Å². The minimum Gasteiger partial charge on any atom is -0.311 e. The van der Waals surface area contributed by atoms with Crippen LogP contribution in [0.2, 0.25) is 0 Å². The van der Waals surface area contributed by atoms with Gasteiger partial charge in [-0.25, -0.2) is 4.85 Å². The van der Waals surface area contributed by atoms with Crippen molar-refractivity contribution in [1.29, 1.82) is 5.26 Å². The minimum absolute atomic E-state index is 0.381. The van der Waals surface area contributed by atoms with Crippen LogP contribution in [0.15, 0.2) is 231 Å². The van der Waals surface area contributed by atoms with Crippen LogP contribution in [0, 0.1) is 17.9 Å². The van der Waals surface area contributed by atoms with E-state index in [9.17, 15) is 5.26 Å². The van der Waals surface area contributed by atoms with Gasteiger partial charge in [0.25, 0.3) is 0 Å². The molecule has 0 amide bonds. The Morgan fingerprint density at radius 1 is 0.425 bits per heavy atom. The molecule has 11 aromatic carbocycles. The number of hydrogen-bond donors (Lipinski definition) is 0. The fraction of sp³-hybridized carbons (Fsp3) is 0.101. The zero-order valence-corrected chi connectivity index (χ0v) is 41.4. The third-order valence-corrected chi connectivity index (χ3v) is 15.1. The molecule has 0 spiro atoms. The second-order valence-corrected chi connectivity index (χ2v) is 19.8. The van der Waals surface area contributed by atoms with Gasteiger partial charge >= 0.3 is 0 Å². The Balaban J connectivity index is 1.21. The summed E-state index contributed by atoms with van der Waals surface area (Å²) >= 11 is 0. The van der Waals surface area contributed by atoms with Crippen molar-refractivity contribution in [3.63, 3.8) is 0 Å². The van der Waals surface area contributed by atoms with Crippen LogP contribution in [0.25, 0.3) is 48.3 Å². The number of hydrogen-bond acceptors (Lipinski definition) is 3. The van der Waals surface area contributed by atoms with Crippen molar-refractivity contribution in [2.45, 2.75) is 44.9 Å². The molecule has 1 aliphatic carbocycles. The first-order valence-corrected chi connectivity index (χ1v) is 25.2. The predicted molar refractivity (Wildman–Crippen MR) is 305 cm³/mol. The molecule has 0 radical (unpaired) electrons. The van der Waals surface area contributed by atoms with Crippen LogP contribution < -0.4 is 9.80 Å². The molecule has 0 saturated carbocycles. The zero-order chi connectivity index (χ0) is 49.8. The summed E-state index contributed by atoms with van der Waals surface area (Å²) in [6.07, 6.45) is 0. The second kappa shape index (κ2) is 18.2. The maximum Gasteiger partial charge on any atom is 0.187 e. The molecule has 4 heteroatoms. The minimum atomic E-state index is -0.782. The van der Waals surface area contributed by atoms with Gasteiger partial charge < -0.3 is 9.80 Å². The van der Waals surface area contributed by atoms with Gasteiger partial charge in [0.05, 0.1) is 29.3 Å². The molecule has 1 aliphatic rings. The third-order valence-electron chi connectivity index (χ3n) is 15.1. The number of benzene rings is 11. The smallest absolute Gasteiger partial charge is 0.187 e. The lowest BCUT2D eigenvalue weighted by Crippen LogP contribution is -2.29. The molecule has 0 atom stereocenters. The highest BCUT2D eigenvalue weighted by atomic mass is 15.1. The second-order valence-electron chi connectivity index (χ2n) is 19.8. The van der Waals surface area contributed by atoms with Crippen molar-refractivity contribution in [3.8, 4) is 17.2 Å². The van der Waals surface area contributed by atoms with Crippen LogP contribution in [-0.4, -0.2) is 0 Å². The third kappa shape index (κ3) is 7.34. The molecular weight excluding hydrogens is 885 g/mol. The highest BCUT2D eigenvalue weighted by Gasteiger charge is 2.49. The molecule has 12 rings (SSSR count). The monoisotopic (exact) mass is 936 g/mol. The van der Waals surface area contributed by atoms with E-state index in [1.165, 1.54) is 66.1 Å². The summed E-state index contributed by atoms with van der Waals surface area (Å²) in [5.41, 5.74) is 16.4. The quantitative estimate of drug-likeness (QED) is 0.101. The standard InChI is InChI=1S/C69H52N4/c1-45(2)48-26-34-53(35-27-48)72(54-38-30-52(71-5)31-39-54)57-40-41-62-63(42-57)58-20-12-14-22-60(58)67-66-61-23-15-13-21-59(61)65(73(55-32-24-47(44-70)25-33-55)56-36-28-49(29-37-56)46(3)4)43-64(66)69(68(62)67,50-16-8-6-9-17-50)51-18-10-7-11-19-51/h6-43,45-46H,1-4H3. The molecule has 0 fully saturated rings. The van der Waals surface area contributed by atoms with Gasteiger partial charge in [-0.05, 0) is 162 Å². The van der Waals surface area contributed by atoms with Crippen LogP contribution in [0.3, 0.4) is 0 Å². The molecule has 0 unspecified atom stereocenters. The van der Waals surface area contributed by atoms with E-state index in [-0.39, 0.29) is 0 Å². The molecule has 0 aliphatic heterocycles. The number of anilines is 6. The van der Waals surface area contributed by atoms with Crippen molar-refractivity contribution in [2.75, 3.05) is 9.80 Å². The SMILES string of the molecule is [C-]#[N+]c1ccc(N(c2ccc(C(C)C)cc2)c2ccc3c4c(c5ccccc5c3c2)-c2c(cc(N(c3ccc(C#N)cc3)c3ccc(C(C)C)cc3)c3ccccc23)C4(c2ccccc2)c2ccccc2)cc1. The van der Waals surface area contributed by atoms with E-state index in [0.29, 0.717) is 23.1 Å². The van der Waals surface area contributed by atoms with E-state index in [2.05, 4.69) is 255 Å². The summed E-state index contributed by atoms with van der Waals surface area (Å²) in [6, 6.07) is 85.8. The van der Waals surface area contributed by atoms with E-state index in [1.807, 2.05) is 24.3 Å². The molecule has 0 N–H and O–H groups in total. The Kier molecular flexibility index (Phi) is 11.2. The van der Waals surface area contributed by atoms with Gasteiger partial charge in [-0.1, -0.05) is 179 Å². The lowest BCUT2D eigenvalue weighted by atomic mass is 9.66. The van der Waals surface area contributed by atoms with E-state index < -0.39 is 5.41 Å². The van der Waals surface area contributed by atoms with Crippen LogP contribution in [-0.2, 0) is 5.41 Å². The lowest BCUT2D eigenvalue weighted by molar-refractivity contribution is 0.776. The molecule has 4 nitrogen and oxygen atoms in total. The van der Waals surface area contributed by atoms with Gasteiger partial charge in [0.1, 0.15) is 0 Å². The summed E-state index contributed by atoms with van der Waals surface area (Å²) in [5.74, 6) is 0.780. The molecule has 0 saturated heterocycles. The largest absolute Gasteiger partial charge is 0.311 e. The molecule has 11 aromatic rings. The van der Waals surface area contributed by atoms with Crippen molar-refractivity contribution in [2.24, 2.45) is 0 Å². The molecule has 0 heterocycles. The summed E-state index contributed by atoms with van der Waals surface area (Å²) in [4.78, 5) is 8.44. The molecule has 0 aromatic heterocycles. The maximum atomic E-state index is 9.96. The average molecular weight is 937 g/mol. The fourth-order valence-electron chi connectivity index (χ4n) is 11.6. The Labute approximate surface area is 428 Å². The molecule has 73 heavy (non-hydrogen) atoms. The first-order valence-electron chi connectivity index (χ1n) is 25.2. The first kappa shape index (κ1) is 45.0. The van der Waals surface area contributed by atoms with Crippen molar-refractivity contribution in [1.82, 2.24) is 0 Å². The van der Waals surface area contributed by atoms with Gasteiger partial charge in [0.2, 0.25) is 0 Å². The zero-order valence-electron chi connectivity index (χ0n) is 41.4. The average Bonchev–Trinajstić information content (AvgIpc) is 3.76. The summed E-state index contributed by atoms with van der Waals surface area (Å²) in [7, 11) is 0. The van der Waals surface area contributed by atoms with Crippen molar-refractivity contribution < 1.29 is 0 Å². The lowest BCUT2D eigenvalue weighted by Gasteiger charge is -2.36. The Morgan fingerprint density at radius 3 is 1.40 bits per heavy atom. The van der Waals surface area contributed by atoms with Crippen LogP contribution in [0.1, 0.15) is 78.5 Å². The van der Waals surface area contributed by atoms with Crippen LogP contribution >= 0.6 is 0 Å². The van der Waals surface area contributed by atoms with E-state index in [0.717, 1.165) is 44.9 Å². The predicted octanol–water partition coefficient (Wildman–Crippen LogP) is 19.1. The fourth-order valence-corrected chi connectivity index (χ4v) is 11.6. The van der Waals surface area contributed by atoms with Gasteiger partial charge in [0.15, 0.2) is 5.69 Å². The van der Waals surface area contributed by atoms with Gasteiger partial charge in [-0.2, -0.15) is 5.26 Å².